The largest absolute Gasteiger partial charge is 0.385 e. The van der Waals surface area contributed by atoms with Crippen molar-refractivity contribution in [3.63, 3.8) is 0 Å². The van der Waals surface area contributed by atoms with E-state index in [1.54, 1.807) is 12.1 Å². The Hall–Kier alpha value is -1.11. The van der Waals surface area contributed by atoms with Gasteiger partial charge in [-0.15, -0.1) is 0 Å². The minimum absolute atomic E-state index is 0.136. The molecule has 2 fully saturated rings. The Bertz CT molecular complexity index is 581. The lowest BCUT2D eigenvalue weighted by atomic mass is 10.0. The van der Waals surface area contributed by atoms with Gasteiger partial charge in [0.2, 0.25) is 10.0 Å². The molecule has 116 valence electrons. The van der Waals surface area contributed by atoms with Crippen LogP contribution in [0.2, 0.25) is 0 Å². The van der Waals surface area contributed by atoms with Gasteiger partial charge in [0.1, 0.15) is 0 Å². The molecule has 1 saturated carbocycles. The number of rotatable bonds is 6. The maximum atomic E-state index is 12.1. The maximum Gasteiger partial charge on any atom is 0.240 e. The Labute approximate surface area is 126 Å². The first-order chi connectivity index (χ1) is 10.0. The van der Waals surface area contributed by atoms with Crippen LogP contribution in [0.25, 0.3) is 0 Å². The van der Waals surface area contributed by atoms with Crippen molar-refractivity contribution in [2.75, 3.05) is 18.5 Å². The SMILES string of the molecule is CC1OCCC1CNc1ccc(S(=O)(=O)NC2CC2)cc1. The predicted molar refractivity (Wildman–Crippen MR) is 81.8 cm³/mol. The summed E-state index contributed by atoms with van der Waals surface area (Å²) < 4.78 is 32.3. The monoisotopic (exact) mass is 310 g/mol. The Morgan fingerprint density at radius 2 is 1.90 bits per heavy atom. The fraction of sp³-hybridized carbons (Fsp3) is 0.600. The summed E-state index contributed by atoms with van der Waals surface area (Å²) in [5, 5.41) is 3.35. The Morgan fingerprint density at radius 1 is 1.19 bits per heavy atom. The maximum absolute atomic E-state index is 12.1. The van der Waals surface area contributed by atoms with Gasteiger partial charge in [0, 0.05) is 30.8 Å². The molecule has 2 N–H and O–H groups in total. The van der Waals surface area contributed by atoms with Crippen molar-refractivity contribution in [1.82, 2.24) is 4.72 Å². The van der Waals surface area contributed by atoms with E-state index in [0.717, 1.165) is 38.1 Å². The molecule has 0 amide bonds. The third-order valence-corrected chi connectivity index (χ3v) is 5.70. The van der Waals surface area contributed by atoms with E-state index in [9.17, 15) is 8.42 Å². The summed E-state index contributed by atoms with van der Waals surface area (Å²) in [6.45, 7) is 3.78. The number of hydrogen-bond donors (Lipinski definition) is 2. The highest BCUT2D eigenvalue weighted by Gasteiger charge is 2.28. The summed E-state index contributed by atoms with van der Waals surface area (Å²) in [5.41, 5.74) is 0.944. The van der Waals surface area contributed by atoms with Crippen LogP contribution in [0.15, 0.2) is 29.2 Å². The second-order valence-electron chi connectivity index (χ2n) is 5.93. The van der Waals surface area contributed by atoms with E-state index in [1.807, 2.05) is 12.1 Å². The summed E-state index contributed by atoms with van der Waals surface area (Å²) in [6, 6.07) is 7.09. The van der Waals surface area contributed by atoms with Crippen molar-refractivity contribution in [1.29, 1.82) is 0 Å². The average molecular weight is 310 g/mol. The summed E-state index contributed by atoms with van der Waals surface area (Å²) in [6.07, 6.45) is 3.26. The van der Waals surface area contributed by atoms with Crippen molar-refractivity contribution in [3.8, 4) is 0 Å². The van der Waals surface area contributed by atoms with Crippen molar-refractivity contribution < 1.29 is 13.2 Å². The molecule has 2 unspecified atom stereocenters. The fourth-order valence-corrected chi connectivity index (χ4v) is 3.84. The molecule has 0 bridgehead atoms. The zero-order chi connectivity index (χ0) is 14.9. The fourth-order valence-electron chi connectivity index (χ4n) is 2.53. The zero-order valence-corrected chi connectivity index (χ0v) is 13.0. The van der Waals surface area contributed by atoms with E-state index in [1.165, 1.54) is 0 Å². The van der Waals surface area contributed by atoms with E-state index in [-0.39, 0.29) is 6.04 Å². The summed E-state index contributed by atoms with van der Waals surface area (Å²) >= 11 is 0. The molecule has 0 spiro atoms. The molecule has 3 rings (SSSR count). The molecule has 2 aliphatic rings. The van der Waals surface area contributed by atoms with Crippen LogP contribution < -0.4 is 10.0 Å². The summed E-state index contributed by atoms with van der Waals surface area (Å²) in [4.78, 5) is 0.331. The molecule has 6 heteroatoms. The number of benzene rings is 1. The summed E-state index contributed by atoms with van der Waals surface area (Å²) in [5.74, 6) is 0.518. The molecule has 0 aromatic heterocycles. The van der Waals surface area contributed by atoms with Crippen molar-refractivity contribution in [2.45, 2.75) is 43.2 Å². The van der Waals surface area contributed by atoms with E-state index < -0.39 is 10.0 Å². The van der Waals surface area contributed by atoms with Gasteiger partial charge in [0.05, 0.1) is 11.0 Å². The Kier molecular flexibility index (Phi) is 4.19. The van der Waals surface area contributed by atoms with Crippen LogP contribution in [0.5, 0.6) is 0 Å². The Morgan fingerprint density at radius 3 is 2.48 bits per heavy atom. The van der Waals surface area contributed by atoms with Crippen LogP contribution in [0, 0.1) is 5.92 Å². The quantitative estimate of drug-likeness (QED) is 0.843. The van der Waals surface area contributed by atoms with Crippen LogP contribution in [0.1, 0.15) is 26.2 Å². The molecule has 5 nitrogen and oxygen atoms in total. The third kappa shape index (κ3) is 3.75. The third-order valence-electron chi connectivity index (χ3n) is 4.17. The van der Waals surface area contributed by atoms with E-state index >= 15 is 0 Å². The van der Waals surface area contributed by atoms with Gasteiger partial charge in [-0.05, 0) is 50.5 Å². The van der Waals surface area contributed by atoms with E-state index in [0.29, 0.717) is 16.9 Å². The molecule has 1 aromatic carbocycles. The topological polar surface area (TPSA) is 67.4 Å². The van der Waals surface area contributed by atoms with Gasteiger partial charge >= 0.3 is 0 Å². The lowest BCUT2D eigenvalue weighted by molar-refractivity contribution is 0.108. The van der Waals surface area contributed by atoms with Gasteiger partial charge in [0.15, 0.2) is 0 Å². The highest BCUT2D eigenvalue weighted by atomic mass is 32.2. The molecule has 21 heavy (non-hydrogen) atoms. The van der Waals surface area contributed by atoms with Crippen molar-refractivity contribution in [3.05, 3.63) is 24.3 Å². The smallest absolute Gasteiger partial charge is 0.240 e. The zero-order valence-electron chi connectivity index (χ0n) is 12.2. The number of nitrogens with one attached hydrogen (secondary N) is 2. The second kappa shape index (κ2) is 5.94. The van der Waals surface area contributed by atoms with E-state index in [2.05, 4.69) is 17.0 Å². The average Bonchev–Trinajstić information content (AvgIpc) is 3.16. The predicted octanol–water partition coefficient (Wildman–Crippen LogP) is 1.96. The minimum atomic E-state index is -3.35. The molecule has 1 aliphatic carbocycles. The molecule has 1 heterocycles. The normalized spacial score (nSPS) is 26.0. The van der Waals surface area contributed by atoms with Crippen LogP contribution >= 0.6 is 0 Å². The second-order valence-corrected chi connectivity index (χ2v) is 7.64. The van der Waals surface area contributed by atoms with Crippen LogP contribution in [0.4, 0.5) is 5.69 Å². The number of sulfonamides is 1. The lowest BCUT2D eigenvalue weighted by Gasteiger charge is -2.15. The highest BCUT2D eigenvalue weighted by molar-refractivity contribution is 7.89. The standard InChI is InChI=1S/C15H22N2O3S/c1-11-12(8-9-20-11)10-16-13-4-6-15(7-5-13)21(18,19)17-14-2-3-14/h4-7,11-12,14,16-17H,2-3,8-10H2,1H3. The molecule has 0 radical (unpaired) electrons. The molecule has 2 atom stereocenters. The molecule has 1 saturated heterocycles. The van der Waals surface area contributed by atoms with Crippen LogP contribution in [-0.4, -0.2) is 33.7 Å². The number of hydrogen-bond acceptors (Lipinski definition) is 4. The van der Waals surface area contributed by atoms with Crippen LogP contribution in [0.3, 0.4) is 0 Å². The van der Waals surface area contributed by atoms with Gasteiger partial charge < -0.3 is 10.1 Å². The number of ether oxygens (including phenoxy) is 1. The van der Waals surface area contributed by atoms with Gasteiger partial charge in [-0.2, -0.15) is 0 Å². The van der Waals surface area contributed by atoms with Crippen molar-refractivity contribution in [2.24, 2.45) is 5.92 Å². The molecule has 1 aliphatic heterocycles. The first kappa shape index (κ1) is 14.8. The van der Waals surface area contributed by atoms with E-state index in [4.69, 9.17) is 4.74 Å². The van der Waals surface area contributed by atoms with Gasteiger partial charge in [-0.25, -0.2) is 13.1 Å². The van der Waals surface area contributed by atoms with Crippen molar-refractivity contribution >= 4 is 15.7 Å². The van der Waals surface area contributed by atoms with Gasteiger partial charge in [0.25, 0.3) is 0 Å². The first-order valence-corrected chi connectivity index (χ1v) is 9.01. The molecular weight excluding hydrogens is 288 g/mol. The number of anilines is 1. The Balaban J connectivity index is 1.58. The summed E-state index contributed by atoms with van der Waals surface area (Å²) in [7, 11) is -3.35. The molecule has 1 aromatic rings. The lowest BCUT2D eigenvalue weighted by Crippen LogP contribution is -2.25. The van der Waals surface area contributed by atoms with Gasteiger partial charge in [-0.1, -0.05) is 0 Å². The van der Waals surface area contributed by atoms with Crippen LogP contribution in [-0.2, 0) is 14.8 Å². The first-order valence-electron chi connectivity index (χ1n) is 7.52. The molecular formula is C15H22N2O3S. The highest BCUT2D eigenvalue weighted by Crippen LogP contribution is 2.24. The minimum Gasteiger partial charge on any atom is -0.385 e. The van der Waals surface area contributed by atoms with Gasteiger partial charge in [-0.3, -0.25) is 0 Å².